The minimum absolute atomic E-state index is 0.000273. The van der Waals surface area contributed by atoms with Gasteiger partial charge in [-0.3, -0.25) is 9.59 Å². The molecule has 0 aliphatic heterocycles. The van der Waals surface area contributed by atoms with E-state index in [2.05, 4.69) is 28.1 Å². The number of hydrogen-bond donors (Lipinski definition) is 2. The second-order valence-electron chi connectivity index (χ2n) is 6.15. The Labute approximate surface area is 140 Å². The summed E-state index contributed by atoms with van der Waals surface area (Å²) in [5, 5.41) is 9.27. The average Bonchev–Trinajstić information content (AvgIpc) is 3.30. The number of thiophene rings is 1. The number of benzene rings is 1. The van der Waals surface area contributed by atoms with Crippen molar-refractivity contribution in [1.82, 2.24) is 10.6 Å². The molecule has 0 spiro atoms. The summed E-state index contributed by atoms with van der Waals surface area (Å²) >= 11 is 1.70. The van der Waals surface area contributed by atoms with Crippen molar-refractivity contribution in [2.24, 2.45) is 5.92 Å². The van der Waals surface area contributed by atoms with Crippen LogP contribution in [0.25, 0.3) is 10.1 Å². The third-order valence-electron chi connectivity index (χ3n) is 4.18. The minimum atomic E-state index is -0.000273. The van der Waals surface area contributed by atoms with Crippen LogP contribution in [0.3, 0.4) is 0 Å². The standard InChI is InChI=1S/C18H22N2O2S/c1-12(15-11-23-16-6-3-2-5-14(15)16)20-17(21)7-4-10-19-18(22)13-8-9-13/h2-3,5-6,11-13H,4,7-10H2,1H3,(H,19,22)(H,20,21). The zero-order valence-corrected chi connectivity index (χ0v) is 14.1. The molecule has 0 radical (unpaired) electrons. The van der Waals surface area contributed by atoms with E-state index >= 15 is 0 Å². The first kappa shape index (κ1) is 16.0. The van der Waals surface area contributed by atoms with E-state index in [4.69, 9.17) is 0 Å². The molecule has 1 fully saturated rings. The fourth-order valence-corrected chi connectivity index (χ4v) is 3.73. The summed E-state index contributed by atoms with van der Waals surface area (Å²) < 4.78 is 1.24. The van der Waals surface area contributed by atoms with Gasteiger partial charge in [-0.2, -0.15) is 0 Å². The summed E-state index contributed by atoms with van der Waals surface area (Å²) in [5.41, 5.74) is 1.17. The highest BCUT2D eigenvalue weighted by molar-refractivity contribution is 7.17. The first-order chi connectivity index (χ1) is 11.1. The van der Waals surface area contributed by atoms with Crippen LogP contribution in [-0.2, 0) is 9.59 Å². The van der Waals surface area contributed by atoms with Gasteiger partial charge in [-0.05, 0) is 48.6 Å². The second-order valence-corrected chi connectivity index (χ2v) is 7.06. The first-order valence-electron chi connectivity index (χ1n) is 8.18. The van der Waals surface area contributed by atoms with Gasteiger partial charge in [-0.1, -0.05) is 18.2 Å². The highest BCUT2D eigenvalue weighted by Crippen LogP contribution is 2.30. The van der Waals surface area contributed by atoms with E-state index in [1.54, 1.807) is 11.3 Å². The van der Waals surface area contributed by atoms with Gasteiger partial charge in [0.05, 0.1) is 6.04 Å². The molecule has 1 heterocycles. The molecule has 23 heavy (non-hydrogen) atoms. The molecule has 1 saturated carbocycles. The molecule has 1 aromatic carbocycles. The molecule has 1 aliphatic carbocycles. The molecule has 2 amide bonds. The van der Waals surface area contributed by atoms with Gasteiger partial charge in [0.2, 0.25) is 11.8 Å². The Morgan fingerprint density at radius 3 is 2.87 bits per heavy atom. The van der Waals surface area contributed by atoms with Crippen molar-refractivity contribution in [3.05, 3.63) is 35.2 Å². The highest BCUT2D eigenvalue weighted by atomic mass is 32.1. The topological polar surface area (TPSA) is 58.2 Å². The summed E-state index contributed by atoms with van der Waals surface area (Å²) in [6.45, 7) is 2.60. The number of amides is 2. The predicted octanol–water partition coefficient (Wildman–Crippen LogP) is 3.38. The molecule has 122 valence electrons. The highest BCUT2D eigenvalue weighted by Gasteiger charge is 2.29. The van der Waals surface area contributed by atoms with Gasteiger partial charge in [0, 0.05) is 23.6 Å². The molecule has 3 rings (SSSR count). The number of carbonyl (C=O) groups is 2. The molecule has 2 N–H and O–H groups in total. The van der Waals surface area contributed by atoms with Gasteiger partial charge in [0.1, 0.15) is 0 Å². The third-order valence-corrected chi connectivity index (χ3v) is 5.16. The van der Waals surface area contributed by atoms with E-state index in [0.29, 0.717) is 19.4 Å². The summed E-state index contributed by atoms with van der Waals surface area (Å²) in [4.78, 5) is 23.6. The van der Waals surface area contributed by atoms with Crippen LogP contribution in [0.4, 0.5) is 0 Å². The summed E-state index contributed by atoms with van der Waals surface area (Å²) in [5.74, 6) is 0.410. The summed E-state index contributed by atoms with van der Waals surface area (Å²) in [6.07, 6.45) is 3.15. The van der Waals surface area contributed by atoms with Gasteiger partial charge in [-0.25, -0.2) is 0 Å². The molecule has 2 aromatic rings. The number of nitrogens with one attached hydrogen (secondary N) is 2. The van der Waals surface area contributed by atoms with E-state index in [1.807, 2.05) is 19.1 Å². The fourth-order valence-electron chi connectivity index (χ4n) is 2.68. The van der Waals surface area contributed by atoms with E-state index in [-0.39, 0.29) is 23.8 Å². The first-order valence-corrected chi connectivity index (χ1v) is 9.06. The van der Waals surface area contributed by atoms with Crippen molar-refractivity contribution < 1.29 is 9.59 Å². The Balaban J connectivity index is 1.44. The zero-order valence-electron chi connectivity index (χ0n) is 13.3. The van der Waals surface area contributed by atoms with Crippen LogP contribution in [-0.4, -0.2) is 18.4 Å². The largest absolute Gasteiger partial charge is 0.356 e. The van der Waals surface area contributed by atoms with Crippen LogP contribution < -0.4 is 10.6 Å². The van der Waals surface area contributed by atoms with E-state index < -0.39 is 0 Å². The van der Waals surface area contributed by atoms with Crippen molar-refractivity contribution in [2.75, 3.05) is 6.54 Å². The van der Waals surface area contributed by atoms with Crippen LogP contribution in [0.5, 0.6) is 0 Å². The smallest absolute Gasteiger partial charge is 0.223 e. The normalized spacial score (nSPS) is 15.3. The number of carbonyl (C=O) groups excluding carboxylic acids is 2. The lowest BCUT2D eigenvalue weighted by molar-refractivity contribution is -0.123. The summed E-state index contributed by atoms with van der Waals surface area (Å²) in [6, 6.07) is 8.25. The maximum atomic E-state index is 12.1. The van der Waals surface area contributed by atoms with Crippen molar-refractivity contribution in [3.8, 4) is 0 Å². The summed E-state index contributed by atoms with van der Waals surface area (Å²) in [7, 11) is 0. The zero-order chi connectivity index (χ0) is 16.2. The van der Waals surface area contributed by atoms with Crippen LogP contribution in [0, 0.1) is 5.92 Å². The quantitative estimate of drug-likeness (QED) is 0.765. The molecule has 1 aromatic heterocycles. The molecule has 0 saturated heterocycles. The van der Waals surface area contributed by atoms with Crippen molar-refractivity contribution in [2.45, 2.75) is 38.6 Å². The van der Waals surface area contributed by atoms with Crippen LogP contribution in [0.15, 0.2) is 29.6 Å². The third kappa shape index (κ3) is 4.10. The molecular weight excluding hydrogens is 308 g/mol. The number of fused-ring (bicyclic) bond motifs is 1. The van der Waals surface area contributed by atoms with Crippen molar-refractivity contribution in [1.29, 1.82) is 0 Å². The van der Waals surface area contributed by atoms with Gasteiger partial charge in [0.25, 0.3) is 0 Å². The van der Waals surface area contributed by atoms with Crippen LogP contribution >= 0.6 is 11.3 Å². The monoisotopic (exact) mass is 330 g/mol. The Bertz CT molecular complexity index is 706. The molecule has 1 unspecified atom stereocenters. The molecule has 1 atom stereocenters. The molecular formula is C18H22N2O2S. The Kier molecular flexibility index (Phi) is 4.96. The minimum Gasteiger partial charge on any atom is -0.356 e. The molecule has 4 nitrogen and oxygen atoms in total. The fraction of sp³-hybridized carbons (Fsp3) is 0.444. The SMILES string of the molecule is CC(NC(=O)CCCNC(=O)C1CC1)c1csc2ccccc12. The lowest BCUT2D eigenvalue weighted by Crippen LogP contribution is -2.29. The number of rotatable bonds is 7. The lowest BCUT2D eigenvalue weighted by Gasteiger charge is -2.13. The number of hydrogen-bond acceptors (Lipinski definition) is 3. The molecule has 5 heteroatoms. The lowest BCUT2D eigenvalue weighted by atomic mass is 10.1. The van der Waals surface area contributed by atoms with Gasteiger partial charge < -0.3 is 10.6 Å². The van der Waals surface area contributed by atoms with Gasteiger partial charge >= 0.3 is 0 Å². The van der Waals surface area contributed by atoms with Crippen LogP contribution in [0.2, 0.25) is 0 Å². The van der Waals surface area contributed by atoms with Gasteiger partial charge in [0.15, 0.2) is 0 Å². The van der Waals surface area contributed by atoms with Crippen molar-refractivity contribution >= 4 is 33.2 Å². The molecule has 1 aliphatic rings. The maximum absolute atomic E-state index is 12.1. The second kappa shape index (κ2) is 7.13. The molecule has 0 bridgehead atoms. The van der Waals surface area contributed by atoms with E-state index in [1.165, 1.54) is 15.6 Å². The Morgan fingerprint density at radius 1 is 1.30 bits per heavy atom. The maximum Gasteiger partial charge on any atom is 0.223 e. The average molecular weight is 330 g/mol. The predicted molar refractivity (Wildman–Crippen MR) is 93.4 cm³/mol. The van der Waals surface area contributed by atoms with Crippen LogP contribution in [0.1, 0.15) is 44.2 Å². The Morgan fingerprint density at radius 2 is 2.09 bits per heavy atom. The van der Waals surface area contributed by atoms with E-state index in [9.17, 15) is 9.59 Å². The van der Waals surface area contributed by atoms with E-state index in [0.717, 1.165) is 12.8 Å². The van der Waals surface area contributed by atoms with Crippen molar-refractivity contribution in [3.63, 3.8) is 0 Å². The van der Waals surface area contributed by atoms with Gasteiger partial charge in [-0.15, -0.1) is 11.3 Å². The Hall–Kier alpha value is -1.88.